The molecule has 0 fully saturated rings. The third-order valence-electron chi connectivity index (χ3n) is 6.43. The Morgan fingerprint density at radius 1 is 1.11 bits per heavy atom. The topological polar surface area (TPSA) is 129 Å². The van der Waals surface area contributed by atoms with Gasteiger partial charge in [0, 0.05) is 30.2 Å². The summed E-state index contributed by atoms with van der Waals surface area (Å²) in [5, 5.41) is 19.2. The number of carbonyl (C=O) groups excluding carboxylic acids is 1. The number of benzene rings is 2. The van der Waals surface area contributed by atoms with Crippen molar-refractivity contribution in [2.75, 3.05) is 5.32 Å². The molecule has 0 bridgehead atoms. The van der Waals surface area contributed by atoms with Crippen molar-refractivity contribution in [1.82, 2.24) is 28.9 Å². The van der Waals surface area contributed by atoms with Crippen LogP contribution in [0.15, 0.2) is 48.8 Å². The van der Waals surface area contributed by atoms with E-state index >= 15 is 0 Å². The van der Waals surface area contributed by atoms with Crippen molar-refractivity contribution in [1.29, 1.82) is 0 Å². The van der Waals surface area contributed by atoms with Crippen molar-refractivity contribution in [3.8, 4) is 0 Å². The summed E-state index contributed by atoms with van der Waals surface area (Å²) in [7, 11) is 0. The van der Waals surface area contributed by atoms with Crippen LogP contribution in [0.2, 0.25) is 5.02 Å². The Morgan fingerprint density at radius 2 is 1.89 bits per heavy atom. The summed E-state index contributed by atoms with van der Waals surface area (Å²) in [5.41, 5.74) is 10.7. The Labute approximate surface area is 218 Å². The van der Waals surface area contributed by atoms with E-state index in [-0.39, 0.29) is 0 Å². The molecule has 192 valence electrons. The van der Waals surface area contributed by atoms with Gasteiger partial charge in [0.2, 0.25) is 11.9 Å². The first-order valence-corrected chi connectivity index (χ1v) is 12.6. The molecule has 0 radical (unpaired) electrons. The minimum Gasteiger partial charge on any atom is -0.368 e. The van der Waals surface area contributed by atoms with Crippen molar-refractivity contribution in [2.24, 2.45) is 5.73 Å². The van der Waals surface area contributed by atoms with Crippen LogP contribution in [0.25, 0.3) is 22.1 Å². The fraction of sp³-hybridized carbons (Fsp3) is 0.308. The lowest BCUT2D eigenvalue weighted by Crippen LogP contribution is -2.18. The number of aryl methyl sites for hydroxylation is 4. The van der Waals surface area contributed by atoms with E-state index in [2.05, 4.69) is 25.0 Å². The maximum absolute atomic E-state index is 11.7. The minimum absolute atomic E-state index is 0.385. The highest BCUT2D eigenvalue weighted by Crippen LogP contribution is 2.26. The zero-order valence-electron chi connectivity index (χ0n) is 20.7. The number of rotatable bonds is 10. The van der Waals surface area contributed by atoms with Gasteiger partial charge in [0.25, 0.3) is 0 Å². The third-order valence-corrected chi connectivity index (χ3v) is 6.66. The number of nitrogens with two attached hydrogens (primary N) is 1. The number of fused-ring (bicyclic) bond motifs is 2. The van der Waals surface area contributed by atoms with E-state index in [0.717, 1.165) is 41.6 Å². The Kier molecular flexibility index (Phi) is 6.86. The highest BCUT2D eigenvalue weighted by Gasteiger charge is 2.19. The molecule has 0 aliphatic rings. The van der Waals surface area contributed by atoms with E-state index in [9.17, 15) is 9.90 Å². The molecule has 0 aliphatic carbocycles. The van der Waals surface area contributed by atoms with Gasteiger partial charge in [0.05, 0.1) is 39.8 Å². The summed E-state index contributed by atoms with van der Waals surface area (Å²) in [5.74, 6) is -0.00416. The third kappa shape index (κ3) is 5.03. The average Bonchev–Trinajstić information content (AvgIpc) is 3.55. The number of unbranched alkanes of at least 4 members (excludes halogenated alkanes) is 1. The highest BCUT2D eigenvalue weighted by atomic mass is 35.5. The number of aliphatic hydroxyl groups is 1. The Balaban J connectivity index is 1.37. The van der Waals surface area contributed by atoms with Crippen LogP contribution in [-0.4, -0.2) is 39.9 Å². The van der Waals surface area contributed by atoms with Gasteiger partial charge in [-0.15, -0.1) is 0 Å². The number of anilines is 1. The lowest BCUT2D eigenvalue weighted by Gasteiger charge is -2.16. The monoisotopic (exact) mass is 520 g/mol. The Hall–Kier alpha value is -3.89. The molecular formula is C26H29ClN8O2. The quantitative estimate of drug-likeness (QED) is 0.186. The molecular weight excluding hydrogens is 492 g/mol. The SMILES string of the molecule is CCn1nc(C)cc1C(O)Nc1nc2cc(C(N)=O)ccc2n1CCCCn1cnc2cc(Cl)ccc21. The summed E-state index contributed by atoms with van der Waals surface area (Å²) in [4.78, 5) is 20.8. The van der Waals surface area contributed by atoms with Gasteiger partial charge in [-0.05, 0) is 69.2 Å². The van der Waals surface area contributed by atoms with E-state index in [4.69, 9.17) is 17.3 Å². The summed E-state index contributed by atoms with van der Waals surface area (Å²) in [6.07, 6.45) is 2.59. The maximum Gasteiger partial charge on any atom is 0.248 e. The number of imidazole rings is 2. The van der Waals surface area contributed by atoms with Gasteiger partial charge in [0.1, 0.15) is 0 Å². The second kappa shape index (κ2) is 10.2. The molecule has 1 unspecified atom stereocenters. The summed E-state index contributed by atoms with van der Waals surface area (Å²) < 4.78 is 5.90. The van der Waals surface area contributed by atoms with Crippen molar-refractivity contribution < 1.29 is 9.90 Å². The van der Waals surface area contributed by atoms with Gasteiger partial charge >= 0.3 is 0 Å². The molecule has 0 saturated carbocycles. The number of halogens is 1. The largest absolute Gasteiger partial charge is 0.368 e. The highest BCUT2D eigenvalue weighted by molar-refractivity contribution is 6.31. The molecule has 2 aromatic carbocycles. The Morgan fingerprint density at radius 3 is 2.68 bits per heavy atom. The van der Waals surface area contributed by atoms with Crippen molar-refractivity contribution in [2.45, 2.75) is 52.6 Å². The second-order valence-electron chi connectivity index (χ2n) is 9.01. The van der Waals surface area contributed by atoms with Gasteiger partial charge in [-0.2, -0.15) is 5.10 Å². The molecule has 0 saturated heterocycles. The smallest absolute Gasteiger partial charge is 0.248 e. The van der Waals surface area contributed by atoms with Crippen LogP contribution in [0.5, 0.6) is 0 Å². The van der Waals surface area contributed by atoms with Crippen molar-refractivity contribution in [3.63, 3.8) is 0 Å². The molecule has 1 atom stereocenters. The predicted octanol–water partition coefficient (Wildman–Crippen LogP) is 4.25. The van der Waals surface area contributed by atoms with E-state index in [1.165, 1.54) is 0 Å². The number of hydrogen-bond acceptors (Lipinski definition) is 6. The van der Waals surface area contributed by atoms with Crippen LogP contribution in [0.4, 0.5) is 5.95 Å². The zero-order valence-corrected chi connectivity index (χ0v) is 21.5. The van der Waals surface area contributed by atoms with Gasteiger partial charge in [-0.3, -0.25) is 9.48 Å². The van der Waals surface area contributed by atoms with Crippen LogP contribution in [0, 0.1) is 6.92 Å². The molecule has 37 heavy (non-hydrogen) atoms. The van der Waals surface area contributed by atoms with Gasteiger partial charge in [-0.1, -0.05) is 11.6 Å². The normalized spacial score (nSPS) is 12.4. The van der Waals surface area contributed by atoms with E-state index < -0.39 is 12.1 Å². The second-order valence-corrected chi connectivity index (χ2v) is 9.44. The van der Waals surface area contributed by atoms with E-state index in [1.54, 1.807) is 16.8 Å². The number of primary amides is 1. The first kappa shape index (κ1) is 24.8. The average molecular weight is 521 g/mol. The number of nitrogens with one attached hydrogen (secondary N) is 1. The molecule has 0 spiro atoms. The molecule has 11 heteroatoms. The first-order valence-electron chi connectivity index (χ1n) is 12.2. The van der Waals surface area contributed by atoms with E-state index in [0.29, 0.717) is 40.8 Å². The summed E-state index contributed by atoms with van der Waals surface area (Å²) in [6.45, 7) is 5.96. The molecule has 0 aliphatic heterocycles. The van der Waals surface area contributed by atoms with Crippen LogP contribution < -0.4 is 11.1 Å². The van der Waals surface area contributed by atoms with Crippen LogP contribution >= 0.6 is 11.6 Å². The molecule has 4 N–H and O–H groups in total. The fourth-order valence-electron chi connectivity index (χ4n) is 4.62. The van der Waals surface area contributed by atoms with Gasteiger partial charge < -0.3 is 25.3 Å². The standard InChI is InChI=1S/C26H29ClN8O2/c1-3-35-23(12-16(2)32-35)25(37)31-26-30-20-13-17(24(28)36)6-8-22(20)34(26)11-5-4-10-33-15-29-19-14-18(27)7-9-21(19)33/h6-9,12-15,25,37H,3-5,10-11H2,1-2H3,(H2,28,36)(H,30,31). The van der Waals surface area contributed by atoms with Crippen molar-refractivity contribution >= 4 is 45.5 Å². The number of nitrogens with zero attached hydrogens (tertiary/aromatic N) is 6. The lowest BCUT2D eigenvalue weighted by molar-refractivity contribution is 0.100. The predicted molar refractivity (Wildman–Crippen MR) is 143 cm³/mol. The van der Waals surface area contributed by atoms with E-state index in [1.807, 2.05) is 55.1 Å². The summed E-state index contributed by atoms with van der Waals surface area (Å²) in [6, 6.07) is 12.8. The van der Waals surface area contributed by atoms with Crippen LogP contribution in [0.3, 0.4) is 0 Å². The Bertz CT molecular complexity index is 1580. The number of aliphatic hydroxyl groups excluding tert-OH is 1. The number of amides is 1. The molecule has 5 aromatic rings. The fourth-order valence-corrected chi connectivity index (χ4v) is 4.79. The first-order chi connectivity index (χ1) is 17.8. The molecule has 1 amide bonds. The zero-order chi connectivity index (χ0) is 26.1. The molecule has 10 nitrogen and oxygen atoms in total. The summed E-state index contributed by atoms with van der Waals surface area (Å²) >= 11 is 6.08. The van der Waals surface area contributed by atoms with Gasteiger partial charge in [-0.25, -0.2) is 9.97 Å². The number of aromatic nitrogens is 6. The van der Waals surface area contributed by atoms with Crippen LogP contribution in [0.1, 0.15) is 47.7 Å². The van der Waals surface area contributed by atoms with Gasteiger partial charge in [0.15, 0.2) is 6.23 Å². The van der Waals surface area contributed by atoms with Crippen LogP contribution in [-0.2, 0) is 19.6 Å². The minimum atomic E-state index is -1.00. The lowest BCUT2D eigenvalue weighted by atomic mass is 10.2. The number of carbonyl (C=O) groups is 1. The molecule has 5 rings (SSSR count). The van der Waals surface area contributed by atoms with Crippen molar-refractivity contribution in [3.05, 3.63) is 70.8 Å². The molecule has 3 heterocycles. The number of hydrogen-bond donors (Lipinski definition) is 3. The maximum atomic E-state index is 11.7. The molecule has 3 aromatic heterocycles.